The van der Waals surface area contributed by atoms with Gasteiger partial charge in [0.1, 0.15) is 0 Å². The number of nitro benzene ring substituents is 1. The molecule has 1 aromatic carbocycles. The fourth-order valence-electron chi connectivity index (χ4n) is 0.781. The van der Waals surface area contributed by atoms with Gasteiger partial charge in [0.2, 0.25) is 0 Å². The first-order valence-electron chi connectivity index (χ1n) is 3.67. The molecule has 0 saturated heterocycles. The highest BCUT2D eigenvalue weighted by molar-refractivity contribution is 8.31. The van der Waals surface area contributed by atoms with Gasteiger partial charge in [-0.25, -0.2) is 0 Å². The fraction of sp³-hybridized carbons (Fsp3) is 0.143. The van der Waals surface area contributed by atoms with Gasteiger partial charge < -0.3 is 4.74 Å². The summed E-state index contributed by atoms with van der Waals surface area (Å²) in [6.45, 7) is 0. The number of nitro groups is 1. The first-order valence-corrected chi connectivity index (χ1v) is 6.81. The van der Waals surface area contributed by atoms with Crippen molar-refractivity contribution < 1.29 is 18.1 Å². The Morgan fingerprint density at radius 3 is 2.06 bits per heavy atom. The quantitative estimate of drug-likeness (QED) is 0.473. The number of hydrogen-bond donors (Lipinski definition) is 0. The summed E-state index contributed by atoms with van der Waals surface area (Å²) in [6, 6.07) is 6.24. The third kappa shape index (κ3) is 7.27. The van der Waals surface area contributed by atoms with Crippen LogP contribution in [0.4, 0.5) is 5.69 Å². The van der Waals surface area contributed by atoms with Gasteiger partial charge in [0.05, 0.1) is 12.0 Å². The van der Waals surface area contributed by atoms with E-state index < -0.39 is 13.2 Å². The van der Waals surface area contributed by atoms with Crippen molar-refractivity contribution in [2.45, 2.75) is 0 Å². The maximum Gasteiger partial charge on any atom is 0.317 e. The molecule has 16 heavy (non-hydrogen) atoms. The van der Waals surface area contributed by atoms with Gasteiger partial charge in [0.25, 0.3) is 0 Å². The van der Waals surface area contributed by atoms with Gasteiger partial charge in [0.15, 0.2) is 5.75 Å². The molecule has 0 spiro atoms. The Morgan fingerprint density at radius 2 is 1.75 bits per heavy atom. The minimum Gasteiger partial charge on any atom is -0.490 e. The Balaban J connectivity index is 0.000000385. The molecule has 9 heteroatoms. The van der Waals surface area contributed by atoms with Crippen molar-refractivity contribution in [2.24, 2.45) is 0 Å². The Morgan fingerprint density at radius 1 is 1.31 bits per heavy atom. The third-order valence-electron chi connectivity index (χ3n) is 1.28. The zero-order valence-electron chi connectivity index (χ0n) is 7.96. The summed E-state index contributed by atoms with van der Waals surface area (Å²) in [5.41, 5.74) is -0.00463. The maximum absolute atomic E-state index is 10.3. The van der Waals surface area contributed by atoms with Crippen molar-refractivity contribution in [3.8, 4) is 5.75 Å². The van der Waals surface area contributed by atoms with Gasteiger partial charge in [-0.05, 0) is 6.07 Å². The molecule has 0 aliphatic carbocycles. The first-order chi connectivity index (χ1) is 7.25. The number of benzene rings is 1. The van der Waals surface area contributed by atoms with Gasteiger partial charge in [-0.2, -0.15) is 8.42 Å². The van der Waals surface area contributed by atoms with E-state index in [0.717, 1.165) is 0 Å². The normalized spacial score (nSPS) is 9.94. The van der Waals surface area contributed by atoms with E-state index in [1.54, 1.807) is 18.2 Å². The molecule has 0 heterocycles. The van der Waals surface area contributed by atoms with Crippen LogP contribution in [-0.4, -0.2) is 20.5 Å². The molecule has 0 aliphatic heterocycles. The Kier molecular flexibility index (Phi) is 6.09. The molecule has 0 fully saturated rings. The summed E-state index contributed by atoms with van der Waals surface area (Å²) in [7, 11) is 6.22. The second-order valence-electron chi connectivity index (χ2n) is 2.31. The molecule has 0 N–H and O–H groups in total. The van der Waals surface area contributed by atoms with Crippen LogP contribution in [0.5, 0.6) is 5.75 Å². The average Bonchev–Trinajstić information content (AvgIpc) is 2.15. The molecule has 0 bridgehead atoms. The van der Waals surface area contributed by atoms with Crippen molar-refractivity contribution in [1.29, 1.82) is 0 Å². The van der Waals surface area contributed by atoms with Crippen LogP contribution < -0.4 is 4.74 Å². The molecule has 0 saturated carbocycles. The van der Waals surface area contributed by atoms with E-state index in [9.17, 15) is 10.1 Å². The molecule has 0 unspecified atom stereocenters. The maximum atomic E-state index is 10.3. The summed E-state index contributed by atoms with van der Waals surface area (Å²) in [5.74, 6) is 0.289. The van der Waals surface area contributed by atoms with Crippen molar-refractivity contribution in [3.05, 3.63) is 34.4 Å². The molecule has 1 aromatic rings. The topological polar surface area (TPSA) is 86.5 Å². The van der Waals surface area contributed by atoms with Crippen LogP contribution in [-0.2, 0) is 8.26 Å². The number of ether oxygens (including phenoxy) is 1. The summed E-state index contributed by atoms with van der Waals surface area (Å²) in [4.78, 5) is 9.83. The third-order valence-corrected chi connectivity index (χ3v) is 1.28. The van der Waals surface area contributed by atoms with Crippen LogP contribution in [0.1, 0.15) is 0 Å². The lowest BCUT2D eigenvalue weighted by molar-refractivity contribution is -0.385. The molecule has 0 atom stereocenters. The van der Waals surface area contributed by atoms with Crippen molar-refractivity contribution in [2.75, 3.05) is 7.11 Å². The van der Waals surface area contributed by atoms with Gasteiger partial charge in [-0.3, -0.25) is 10.1 Å². The van der Waals surface area contributed by atoms with E-state index in [1.807, 2.05) is 0 Å². The van der Waals surface area contributed by atoms with E-state index in [0.29, 0.717) is 0 Å². The predicted molar refractivity (Wildman–Crippen MR) is 60.3 cm³/mol. The van der Waals surface area contributed by atoms with Crippen molar-refractivity contribution >= 4 is 35.3 Å². The van der Waals surface area contributed by atoms with Gasteiger partial charge in [-0.15, -0.1) is 0 Å². The van der Waals surface area contributed by atoms with Gasteiger partial charge >= 0.3 is 14.0 Å². The van der Waals surface area contributed by atoms with Crippen LogP contribution in [0, 0.1) is 10.1 Å². The van der Waals surface area contributed by atoms with Crippen LogP contribution in [0.15, 0.2) is 24.3 Å². The minimum atomic E-state index is -3.72. The van der Waals surface area contributed by atoms with Gasteiger partial charge in [0, 0.05) is 27.4 Å². The van der Waals surface area contributed by atoms with Crippen molar-refractivity contribution in [3.63, 3.8) is 0 Å². The second-order valence-corrected chi connectivity index (χ2v) is 5.98. The number of halogens is 2. The largest absolute Gasteiger partial charge is 0.490 e. The summed E-state index contributed by atoms with van der Waals surface area (Å²) >= 11 is 0. The average molecular weight is 288 g/mol. The lowest BCUT2D eigenvalue weighted by Gasteiger charge is -1.98. The molecule has 6 nitrogen and oxygen atoms in total. The van der Waals surface area contributed by atoms with Gasteiger partial charge in [-0.1, -0.05) is 12.1 Å². The molecule has 0 aromatic heterocycles. The predicted octanol–water partition coefficient (Wildman–Crippen LogP) is 2.31. The molecule has 0 radical (unpaired) electrons. The van der Waals surface area contributed by atoms with Crippen LogP contribution in [0.3, 0.4) is 0 Å². The molecular weight excluding hydrogens is 281 g/mol. The number of nitrogens with zero attached hydrogens (tertiary/aromatic N) is 1. The Hall–Kier alpha value is -1.05. The zero-order chi connectivity index (χ0) is 12.8. The fourth-order valence-corrected chi connectivity index (χ4v) is 0.781. The highest BCUT2D eigenvalue weighted by atomic mass is 36.0. The standard InChI is InChI=1S/C7H7NO3.Cl2O2S/c1-11-7-5-3-2-4-6(7)8(9)10;1-5(2,3)4/h2-5H,1H3;. The van der Waals surface area contributed by atoms with E-state index in [1.165, 1.54) is 13.2 Å². The lowest BCUT2D eigenvalue weighted by atomic mass is 10.3. The highest BCUT2D eigenvalue weighted by Crippen LogP contribution is 2.24. The highest BCUT2D eigenvalue weighted by Gasteiger charge is 2.11. The van der Waals surface area contributed by atoms with E-state index >= 15 is 0 Å². The molecule has 0 aliphatic rings. The number of methoxy groups -OCH3 is 1. The number of hydrogen-bond acceptors (Lipinski definition) is 5. The monoisotopic (exact) mass is 287 g/mol. The lowest BCUT2D eigenvalue weighted by Crippen LogP contribution is -1.92. The van der Waals surface area contributed by atoms with Crippen LogP contribution in [0.25, 0.3) is 0 Å². The van der Waals surface area contributed by atoms with E-state index in [2.05, 4.69) is 21.4 Å². The number of para-hydroxylation sites is 2. The molecule has 1 rings (SSSR count). The molecule has 0 amide bonds. The molecular formula is C7H7Cl2NO5S. The zero-order valence-corrected chi connectivity index (χ0v) is 10.3. The summed E-state index contributed by atoms with van der Waals surface area (Å²) in [5, 5.41) is 10.3. The van der Waals surface area contributed by atoms with E-state index in [4.69, 9.17) is 13.2 Å². The van der Waals surface area contributed by atoms with Crippen molar-refractivity contribution in [1.82, 2.24) is 0 Å². The number of rotatable bonds is 2. The van der Waals surface area contributed by atoms with E-state index in [-0.39, 0.29) is 11.4 Å². The molecule has 90 valence electrons. The summed E-state index contributed by atoms with van der Waals surface area (Å²) in [6.07, 6.45) is 0. The summed E-state index contributed by atoms with van der Waals surface area (Å²) < 4.78 is 23.1. The Labute approximate surface area is 101 Å². The minimum absolute atomic E-state index is 0.00463. The first kappa shape index (κ1) is 14.9. The van der Waals surface area contributed by atoms with Crippen LogP contribution in [0.2, 0.25) is 0 Å². The SMILES string of the molecule is COc1ccccc1[N+](=O)[O-].O=S(=O)(Cl)Cl. The Bertz CT molecular complexity index is 454. The van der Waals surface area contributed by atoms with Crippen LogP contribution >= 0.6 is 21.4 Å². The smallest absolute Gasteiger partial charge is 0.317 e. The second kappa shape index (κ2) is 6.51.